The fraction of sp³-hybridized carbons (Fsp3) is 0.316. The van der Waals surface area contributed by atoms with Crippen LogP contribution in [0, 0.1) is 5.82 Å². The first-order valence-electron chi connectivity index (χ1n) is 8.07. The van der Waals surface area contributed by atoms with Crippen molar-refractivity contribution in [3.05, 3.63) is 65.5 Å². The predicted molar refractivity (Wildman–Crippen MR) is 97.9 cm³/mol. The zero-order chi connectivity index (χ0) is 16.9. The van der Waals surface area contributed by atoms with Gasteiger partial charge >= 0.3 is 0 Å². The molecule has 1 heterocycles. The number of ether oxygens (including phenoxy) is 1. The quantitative estimate of drug-likeness (QED) is 0.790. The molecule has 0 N–H and O–H groups in total. The molecule has 5 heteroatoms. The van der Waals surface area contributed by atoms with E-state index >= 15 is 0 Å². The Balaban J connectivity index is 1.63. The molecule has 0 atom stereocenters. The van der Waals surface area contributed by atoms with E-state index in [9.17, 15) is 4.39 Å². The fourth-order valence-electron chi connectivity index (χ4n) is 2.66. The highest BCUT2D eigenvalue weighted by Crippen LogP contribution is 2.18. The van der Waals surface area contributed by atoms with E-state index in [4.69, 9.17) is 17.0 Å². The van der Waals surface area contributed by atoms with Crippen molar-refractivity contribution in [1.29, 1.82) is 0 Å². The number of halogens is 1. The molecule has 1 aliphatic heterocycles. The second kappa shape index (κ2) is 7.73. The van der Waals surface area contributed by atoms with Crippen LogP contribution in [0.4, 0.5) is 4.39 Å². The van der Waals surface area contributed by atoms with Crippen LogP contribution in [-0.2, 0) is 6.61 Å². The topological polar surface area (TPSA) is 15.7 Å². The molecule has 0 aliphatic carbocycles. The van der Waals surface area contributed by atoms with E-state index in [1.807, 2.05) is 24.3 Å². The van der Waals surface area contributed by atoms with Gasteiger partial charge in [-0.2, -0.15) is 0 Å². The van der Waals surface area contributed by atoms with Crippen LogP contribution in [0.15, 0.2) is 48.5 Å². The Morgan fingerprint density at radius 2 is 1.79 bits per heavy atom. The second-order valence-corrected chi connectivity index (χ2v) is 6.43. The molecule has 2 aromatic rings. The van der Waals surface area contributed by atoms with Crippen molar-refractivity contribution in [3.63, 3.8) is 0 Å². The van der Waals surface area contributed by atoms with Gasteiger partial charge in [-0.25, -0.2) is 4.39 Å². The second-order valence-electron chi connectivity index (χ2n) is 6.04. The Labute approximate surface area is 147 Å². The highest BCUT2D eigenvalue weighted by Gasteiger charge is 2.17. The van der Waals surface area contributed by atoms with E-state index in [0.717, 1.165) is 48.0 Å². The molecular weight excluding hydrogens is 323 g/mol. The molecule has 0 saturated carbocycles. The van der Waals surface area contributed by atoms with Crippen molar-refractivity contribution in [2.75, 3.05) is 33.2 Å². The van der Waals surface area contributed by atoms with Crippen molar-refractivity contribution >= 4 is 17.2 Å². The van der Waals surface area contributed by atoms with Gasteiger partial charge in [0, 0.05) is 31.7 Å². The number of hydrogen-bond donors (Lipinski definition) is 0. The van der Waals surface area contributed by atoms with Crippen LogP contribution in [0.25, 0.3) is 0 Å². The molecule has 0 bridgehead atoms. The van der Waals surface area contributed by atoms with Gasteiger partial charge in [0.2, 0.25) is 0 Å². The molecule has 0 radical (unpaired) electrons. The van der Waals surface area contributed by atoms with Gasteiger partial charge in [-0.05, 0) is 36.9 Å². The number of likely N-dealkylation sites (N-methyl/N-ethyl adjacent to an activating group) is 1. The van der Waals surface area contributed by atoms with Crippen LogP contribution in [0.5, 0.6) is 5.75 Å². The van der Waals surface area contributed by atoms with Crippen molar-refractivity contribution in [3.8, 4) is 5.75 Å². The first-order valence-corrected chi connectivity index (χ1v) is 8.48. The van der Waals surface area contributed by atoms with E-state index in [2.05, 4.69) is 16.8 Å². The van der Waals surface area contributed by atoms with Gasteiger partial charge in [-0.3, -0.25) is 0 Å². The summed E-state index contributed by atoms with van der Waals surface area (Å²) in [5.41, 5.74) is 1.94. The van der Waals surface area contributed by atoms with Crippen LogP contribution in [-0.4, -0.2) is 48.0 Å². The minimum Gasteiger partial charge on any atom is -0.489 e. The number of hydrogen-bond acceptors (Lipinski definition) is 3. The van der Waals surface area contributed by atoms with E-state index in [0.29, 0.717) is 6.61 Å². The number of rotatable bonds is 4. The minimum absolute atomic E-state index is 0.238. The maximum absolute atomic E-state index is 12.9. The zero-order valence-electron chi connectivity index (χ0n) is 13.7. The number of piperazine rings is 1. The molecule has 0 unspecified atom stereocenters. The van der Waals surface area contributed by atoms with Crippen LogP contribution in [0.3, 0.4) is 0 Å². The van der Waals surface area contributed by atoms with Crippen molar-refractivity contribution in [1.82, 2.24) is 9.80 Å². The molecular formula is C19H21FN2OS. The summed E-state index contributed by atoms with van der Waals surface area (Å²) >= 11 is 5.64. The molecule has 0 aromatic heterocycles. The summed E-state index contributed by atoms with van der Waals surface area (Å²) in [6.07, 6.45) is 0. The average molecular weight is 344 g/mol. The standard InChI is InChI=1S/C19H21FN2OS/c1-21-9-11-22(12-10-21)19(24)16-3-2-4-18(13-16)23-14-15-5-7-17(20)8-6-15/h2-8,13H,9-12,14H2,1H3. The van der Waals surface area contributed by atoms with E-state index in [1.165, 1.54) is 12.1 Å². The lowest BCUT2D eigenvalue weighted by atomic mass is 10.2. The zero-order valence-corrected chi connectivity index (χ0v) is 14.6. The number of benzene rings is 2. The summed E-state index contributed by atoms with van der Waals surface area (Å²) in [7, 11) is 2.13. The highest BCUT2D eigenvalue weighted by atomic mass is 32.1. The summed E-state index contributed by atoms with van der Waals surface area (Å²) in [5.74, 6) is 0.534. The Morgan fingerprint density at radius 1 is 1.08 bits per heavy atom. The SMILES string of the molecule is CN1CCN(C(=S)c2cccc(OCc3ccc(F)cc3)c2)CC1. The van der Waals surface area contributed by atoms with Crippen molar-refractivity contribution in [2.24, 2.45) is 0 Å². The average Bonchev–Trinajstić information content (AvgIpc) is 2.61. The Morgan fingerprint density at radius 3 is 2.50 bits per heavy atom. The van der Waals surface area contributed by atoms with E-state index in [-0.39, 0.29) is 5.82 Å². The van der Waals surface area contributed by atoms with E-state index in [1.54, 1.807) is 12.1 Å². The third kappa shape index (κ3) is 4.30. The predicted octanol–water partition coefficient (Wildman–Crippen LogP) is 3.33. The van der Waals surface area contributed by atoms with Crippen LogP contribution in [0.1, 0.15) is 11.1 Å². The normalized spacial score (nSPS) is 15.3. The van der Waals surface area contributed by atoms with E-state index < -0.39 is 0 Å². The molecule has 126 valence electrons. The summed E-state index contributed by atoms with van der Waals surface area (Å²) in [4.78, 5) is 5.42. The smallest absolute Gasteiger partial charge is 0.123 e. The lowest BCUT2D eigenvalue weighted by Gasteiger charge is -2.34. The van der Waals surface area contributed by atoms with Gasteiger partial charge < -0.3 is 14.5 Å². The van der Waals surface area contributed by atoms with Gasteiger partial charge in [-0.1, -0.05) is 36.5 Å². The maximum atomic E-state index is 12.9. The molecule has 3 nitrogen and oxygen atoms in total. The highest BCUT2D eigenvalue weighted by molar-refractivity contribution is 7.80. The molecule has 24 heavy (non-hydrogen) atoms. The Kier molecular flexibility index (Phi) is 5.43. The number of nitrogens with zero attached hydrogens (tertiary/aromatic N) is 2. The maximum Gasteiger partial charge on any atom is 0.123 e. The van der Waals surface area contributed by atoms with Gasteiger partial charge in [-0.15, -0.1) is 0 Å². The first-order chi connectivity index (χ1) is 11.6. The molecule has 1 aliphatic rings. The van der Waals surface area contributed by atoms with Crippen LogP contribution in [0.2, 0.25) is 0 Å². The summed E-state index contributed by atoms with van der Waals surface area (Å²) in [6, 6.07) is 14.2. The lowest BCUT2D eigenvalue weighted by molar-refractivity contribution is 0.218. The van der Waals surface area contributed by atoms with Gasteiger partial charge in [0.05, 0.1) is 0 Å². The molecule has 1 fully saturated rings. The van der Waals surface area contributed by atoms with Crippen LogP contribution >= 0.6 is 12.2 Å². The summed E-state index contributed by atoms with van der Waals surface area (Å²) < 4.78 is 18.7. The monoisotopic (exact) mass is 344 g/mol. The molecule has 0 spiro atoms. The third-order valence-corrected chi connectivity index (χ3v) is 4.68. The van der Waals surface area contributed by atoms with Crippen LogP contribution < -0.4 is 4.74 Å². The fourth-order valence-corrected chi connectivity index (χ4v) is 2.97. The largest absolute Gasteiger partial charge is 0.489 e. The molecule has 2 aromatic carbocycles. The third-order valence-electron chi connectivity index (χ3n) is 4.19. The number of thiocarbonyl (C=S) groups is 1. The van der Waals surface area contributed by atoms with Crippen molar-refractivity contribution < 1.29 is 9.13 Å². The molecule has 3 rings (SSSR count). The van der Waals surface area contributed by atoms with Crippen molar-refractivity contribution in [2.45, 2.75) is 6.61 Å². The molecule has 0 amide bonds. The first kappa shape index (κ1) is 16.9. The Bertz CT molecular complexity index is 697. The van der Waals surface area contributed by atoms with Gasteiger partial charge in [0.25, 0.3) is 0 Å². The van der Waals surface area contributed by atoms with Gasteiger partial charge in [0.1, 0.15) is 23.2 Å². The summed E-state index contributed by atoms with van der Waals surface area (Å²) in [5, 5.41) is 0. The Hall–Kier alpha value is -1.98. The minimum atomic E-state index is -0.238. The summed E-state index contributed by atoms with van der Waals surface area (Å²) in [6.45, 7) is 4.37. The van der Waals surface area contributed by atoms with Gasteiger partial charge in [0.15, 0.2) is 0 Å². The molecule has 1 saturated heterocycles. The lowest BCUT2D eigenvalue weighted by Crippen LogP contribution is -2.46.